The van der Waals surface area contributed by atoms with Crippen molar-refractivity contribution in [1.82, 2.24) is 0 Å². The number of unbranched alkanes of at least 4 members (excludes halogenated alkanes) is 9. The zero-order valence-corrected chi connectivity index (χ0v) is 40.0. The molecular weight excluding hydrogens is 781 g/mol. The summed E-state index contributed by atoms with van der Waals surface area (Å²) in [5.74, 6) is -1.08. The van der Waals surface area contributed by atoms with E-state index in [1.807, 2.05) is 12.2 Å². The molecule has 0 saturated heterocycles. The Morgan fingerprint density at radius 3 is 1.11 bits per heavy atom. The van der Waals surface area contributed by atoms with Gasteiger partial charge in [0.25, 0.3) is 0 Å². The number of hydrogen-bond acceptors (Lipinski definition) is 6. The van der Waals surface area contributed by atoms with Crippen LogP contribution >= 0.6 is 0 Å². The summed E-state index contributed by atoms with van der Waals surface area (Å²) in [6.07, 6.45) is 70.2. The average Bonchev–Trinajstić information content (AvgIpc) is 3.28. The van der Waals surface area contributed by atoms with Gasteiger partial charge in [0.1, 0.15) is 13.2 Å². The fourth-order valence-electron chi connectivity index (χ4n) is 5.97. The third-order valence-electron chi connectivity index (χ3n) is 9.63. The van der Waals surface area contributed by atoms with Gasteiger partial charge in [-0.2, -0.15) is 0 Å². The van der Waals surface area contributed by atoms with Crippen LogP contribution in [0.25, 0.3) is 0 Å². The lowest BCUT2D eigenvalue weighted by atomic mass is 10.1. The highest BCUT2D eigenvalue weighted by atomic mass is 16.6. The largest absolute Gasteiger partial charge is 0.462 e. The van der Waals surface area contributed by atoms with Gasteiger partial charge in [-0.15, -0.1) is 0 Å². The summed E-state index contributed by atoms with van der Waals surface area (Å²) in [5.41, 5.74) is 0. The Bertz CT molecular complexity index is 1420. The number of esters is 3. The molecule has 0 aromatic carbocycles. The number of allylic oxidation sites excluding steroid dienone is 22. The monoisotopic (exact) mass is 869 g/mol. The third-order valence-corrected chi connectivity index (χ3v) is 9.63. The van der Waals surface area contributed by atoms with Crippen molar-refractivity contribution in [3.8, 4) is 0 Å². The maximum atomic E-state index is 12.8. The predicted octanol–water partition coefficient (Wildman–Crippen LogP) is 16.3. The molecule has 6 nitrogen and oxygen atoms in total. The summed E-state index contributed by atoms with van der Waals surface area (Å²) in [6.45, 7) is 6.23. The summed E-state index contributed by atoms with van der Waals surface area (Å²) in [7, 11) is 0. The Kier molecular flexibility index (Phi) is 46.7. The second-order valence-corrected chi connectivity index (χ2v) is 15.6. The molecule has 0 fully saturated rings. The second kappa shape index (κ2) is 50.2. The molecular formula is C57H88O6. The Balaban J connectivity index is 4.59. The fourth-order valence-corrected chi connectivity index (χ4v) is 5.97. The number of rotatable bonds is 42. The summed E-state index contributed by atoms with van der Waals surface area (Å²) < 4.78 is 16.6. The molecule has 0 unspecified atom stereocenters. The smallest absolute Gasteiger partial charge is 0.306 e. The van der Waals surface area contributed by atoms with E-state index >= 15 is 0 Å². The van der Waals surface area contributed by atoms with Crippen LogP contribution in [0.5, 0.6) is 0 Å². The van der Waals surface area contributed by atoms with Crippen molar-refractivity contribution in [3.05, 3.63) is 134 Å². The van der Waals surface area contributed by atoms with Crippen molar-refractivity contribution >= 4 is 17.9 Å². The third kappa shape index (κ3) is 48.4. The molecule has 0 rings (SSSR count). The van der Waals surface area contributed by atoms with Crippen molar-refractivity contribution in [1.29, 1.82) is 0 Å². The van der Waals surface area contributed by atoms with E-state index in [0.717, 1.165) is 109 Å². The molecule has 0 aliphatic carbocycles. The van der Waals surface area contributed by atoms with Gasteiger partial charge in [-0.1, -0.05) is 187 Å². The van der Waals surface area contributed by atoms with Gasteiger partial charge in [-0.05, 0) is 116 Å². The lowest BCUT2D eigenvalue weighted by Crippen LogP contribution is -2.30. The highest BCUT2D eigenvalue weighted by Gasteiger charge is 2.19. The molecule has 0 aliphatic heterocycles. The van der Waals surface area contributed by atoms with Crippen LogP contribution in [0.3, 0.4) is 0 Å². The first kappa shape index (κ1) is 58.6. The first-order valence-corrected chi connectivity index (χ1v) is 24.7. The maximum Gasteiger partial charge on any atom is 0.306 e. The normalized spacial score (nSPS) is 13.3. The van der Waals surface area contributed by atoms with Gasteiger partial charge in [-0.3, -0.25) is 14.4 Å². The van der Waals surface area contributed by atoms with Gasteiger partial charge < -0.3 is 14.2 Å². The Hall–Kier alpha value is -4.45. The standard InChI is InChI=1S/C57H88O6/c1-4-7-10-13-16-19-22-24-26-27-28-29-31-32-35-38-41-44-47-50-56(59)62-53-54(52-61-55(58)49-46-43-40-37-34-21-18-15-12-9-6-3)63-57(60)51-48-45-42-39-36-33-30-25-23-20-17-14-11-8-5-2/h7-8,10-11,15-20,24-26,28-30,32,35-36,39,41,44,54H,4-6,9,12-14,21-23,27,31,33-34,37-38,40,42-43,45-53H2,1-3H3/b10-7-,11-8-,18-15-,19-16-,20-17-,26-24-,29-28-,30-25-,35-32-,39-36-,44-41-/t54-/m1/s1. The van der Waals surface area contributed by atoms with Gasteiger partial charge in [0, 0.05) is 19.3 Å². The van der Waals surface area contributed by atoms with Crippen molar-refractivity contribution in [2.24, 2.45) is 0 Å². The molecule has 0 aromatic rings. The SMILES string of the molecule is CC/C=C\C/C=C\C/C=C\C/C=C\C/C=C\C/C=C\CCC(=O)OC[C@@H](COC(=O)CCCCCCC/C=C\CCCC)OC(=O)CCCC/C=C\C/C=C\C/C=C\C/C=C\CC. The summed E-state index contributed by atoms with van der Waals surface area (Å²) in [6, 6.07) is 0. The van der Waals surface area contributed by atoms with E-state index in [2.05, 4.69) is 142 Å². The highest BCUT2D eigenvalue weighted by Crippen LogP contribution is 2.11. The van der Waals surface area contributed by atoms with Crippen molar-refractivity contribution < 1.29 is 28.6 Å². The predicted molar refractivity (Wildman–Crippen MR) is 269 cm³/mol. The molecule has 0 bridgehead atoms. The highest BCUT2D eigenvalue weighted by molar-refractivity contribution is 5.71. The van der Waals surface area contributed by atoms with Gasteiger partial charge in [0.2, 0.25) is 0 Å². The molecule has 0 radical (unpaired) electrons. The molecule has 0 aromatic heterocycles. The van der Waals surface area contributed by atoms with E-state index < -0.39 is 6.10 Å². The lowest BCUT2D eigenvalue weighted by Gasteiger charge is -2.18. The van der Waals surface area contributed by atoms with Crippen LogP contribution in [0.2, 0.25) is 0 Å². The van der Waals surface area contributed by atoms with Crippen molar-refractivity contribution in [2.45, 2.75) is 194 Å². The molecule has 1 atom stereocenters. The van der Waals surface area contributed by atoms with E-state index in [9.17, 15) is 14.4 Å². The molecule has 0 heterocycles. The molecule has 63 heavy (non-hydrogen) atoms. The summed E-state index contributed by atoms with van der Waals surface area (Å²) >= 11 is 0. The van der Waals surface area contributed by atoms with Gasteiger partial charge >= 0.3 is 17.9 Å². The van der Waals surface area contributed by atoms with E-state index in [-0.39, 0.29) is 44.0 Å². The van der Waals surface area contributed by atoms with E-state index in [1.165, 1.54) is 25.7 Å². The van der Waals surface area contributed by atoms with Gasteiger partial charge in [0.15, 0.2) is 6.10 Å². The van der Waals surface area contributed by atoms with Gasteiger partial charge in [0.05, 0.1) is 0 Å². The van der Waals surface area contributed by atoms with Crippen molar-refractivity contribution in [2.75, 3.05) is 13.2 Å². The Morgan fingerprint density at radius 2 is 0.651 bits per heavy atom. The molecule has 0 N–H and O–H groups in total. The van der Waals surface area contributed by atoms with Crippen LogP contribution in [0.4, 0.5) is 0 Å². The molecule has 0 aliphatic rings. The Morgan fingerprint density at radius 1 is 0.333 bits per heavy atom. The number of carbonyl (C=O) groups excluding carboxylic acids is 3. The molecule has 0 saturated carbocycles. The van der Waals surface area contributed by atoms with E-state index in [0.29, 0.717) is 19.3 Å². The summed E-state index contributed by atoms with van der Waals surface area (Å²) in [5, 5.41) is 0. The van der Waals surface area contributed by atoms with Crippen molar-refractivity contribution in [3.63, 3.8) is 0 Å². The molecule has 0 spiro atoms. The minimum absolute atomic E-state index is 0.128. The quantitative estimate of drug-likeness (QED) is 0.0263. The number of carbonyl (C=O) groups is 3. The molecule has 0 amide bonds. The van der Waals surface area contributed by atoms with Crippen LogP contribution < -0.4 is 0 Å². The maximum absolute atomic E-state index is 12.8. The fraction of sp³-hybridized carbons (Fsp3) is 0.561. The van der Waals surface area contributed by atoms with Gasteiger partial charge in [-0.25, -0.2) is 0 Å². The van der Waals surface area contributed by atoms with Crippen LogP contribution in [-0.2, 0) is 28.6 Å². The first-order chi connectivity index (χ1) is 31.0. The molecule has 6 heteroatoms. The summed E-state index contributed by atoms with van der Waals surface area (Å²) in [4.78, 5) is 37.8. The second-order valence-electron chi connectivity index (χ2n) is 15.6. The average molecular weight is 869 g/mol. The molecule has 352 valence electrons. The number of ether oxygens (including phenoxy) is 3. The van der Waals surface area contributed by atoms with E-state index in [1.54, 1.807) is 0 Å². The Labute approximate surface area is 385 Å². The topological polar surface area (TPSA) is 78.9 Å². The van der Waals surface area contributed by atoms with Crippen LogP contribution in [0, 0.1) is 0 Å². The van der Waals surface area contributed by atoms with E-state index in [4.69, 9.17) is 14.2 Å². The van der Waals surface area contributed by atoms with Crippen LogP contribution in [-0.4, -0.2) is 37.2 Å². The van der Waals surface area contributed by atoms with Crippen LogP contribution in [0.1, 0.15) is 188 Å². The first-order valence-electron chi connectivity index (χ1n) is 24.7. The minimum atomic E-state index is -0.837. The lowest BCUT2D eigenvalue weighted by molar-refractivity contribution is -0.166. The minimum Gasteiger partial charge on any atom is -0.462 e. The number of hydrogen-bond donors (Lipinski definition) is 0. The zero-order valence-electron chi connectivity index (χ0n) is 40.0. The van der Waals surface area contributed by atoms with Crippen LogP contribution in [0.15, 0.2) is 134 Å². The zero-order chi connectivity index (χ0) is 45.8.